The molecule has 2 aromatic heterocycles. The SMILES string of the molecule is O=C(O)C[C@H](c1cccnc1)N1CCN(CCCc2ccc3c(n2)NCCC3)C1=O. The van der Waals surface area contributed by atoms with Crippen molar-refractivity contribution >= 4 is 17.8 Å². The van der Waals surface area contributed by atoms with Crippen LogP contribution in [0.2, 0.25) is 0 Å². The highest BCUT2D eigenvalue weighted by atomic mass is 16.4. The maximum Gasteiger partial charge on any atom is 0.320 e. The van der Waals surface area contributed by atoms with Crippen molar-refractivity contribution in [3.8, 4) is 0 Å². The summed E-state index contributed by atoms with van der Waals surface area (Å²) in [6.07, 6.45) is 6.99. The molecule has 158 valence electrons. The third-order valence-corrected chi connectivity index (χ3v) is 5.75. The van der Waals surface area contributed by atoms with Crippen molar-refractivity contribution in [1.82, 2.24) is 19.8 Å². The highest BCUT2D eigenvalue weighted by Gasteiger charge is 2.35. The fraction of sp³-hybridized carbons (Fsp3) is 0.455. The van der Waals surface area contributed by atoms with Gasteiger partial charge in [-0.3, -0.25) is 9.78 Å². The van der Waals surface area contributed by atoms with Crippen molar-refractivity contribution < 1.29 is 14.7 Å². The summed E-state index contributed by atoms with van der Waals surface area (Å²) in [5, 5.41) is 12.7. The molecule has 4 rings (SSSR count). The van der Waals surface area contributed by atoms with E-state index in [-0.39, 0.29) is 12.5 Å². The molecule has 0 aromatic carbocycles. The zero-order valence-corrected chi connectivity index (χ0v) is 17.0. The summed E-state index contributed by atoms with van der Waals surface area (Å²) in [6, 6.07) is 7.22. The van der Waals surface area contributed by atoms with E-state index in [0.29, 0.717) is 19.6 Å². The number of rotatable bonds is 8. The number of urea groups is 1. The molecule has 8 heteroatoms. The lowest BCUT2D eigenvalue weighted by Crippen LogP contribution is -2.36. The van der Waals surface area contributed by atoms with E-state index in [9.17, 15) is 14.7 Å². The fourth-order valence-electron chi connectivity index (χ4n) is 4.20. The number of hydrogen-bond acceptors (Lipinski definition) is 5. The third-order valence-electron chi connectivity index (χ3n) is 5.75. The predicted octanol–water partition coefficient (Wildman–Crippen LogP) is 2.72. The van der Waals surface area contributed by atoms with Crippen LogP contribution in [0.15, 0.2) is 36.7 Å². The summed E-state index contributed by atoms with van der Waals surface area (Å²) >= 11 is 0. The number of amides is 2. The summed E-state index contributed by atoms with van der Waals surface area (Å²) in [7, 11) is 0. The van der Waals surface area contributed by atoms with Gasteiger partial charge in [0.1, 0.15) is 5.82 Å². The Hall–Kier alpha value is -3.16. The largest absolute Gasteiger partial charge is 0.481 e. The van der Waals surface area contributed by atoms with Gasteiger partial charge in [0, 0.05) is 44.3 Å². The average molecular weight is 409 g/mol. The number of aryl methyl sites for hydroxylation is 2. The molecule has 2 aliphatic rings. The Morgan fingerprint density at radius 2 is 2.17 bits per heavy atom. The lowest BCUT2D eigenvalue weighted by atomic mass is 10.0. The smallest absolute Gasteiger partial charge is 0.320 e. The Morgan fingerprint density at radius 3 is 2.97 bits per heavy atom. The zero-order chi connectivity index (χ0) is 20.9. The van der Waals surface area contributed by atoms with Gasteiger partial charge >= 0.3 is 12.0 Å². The van der Waals surface area contributed by atoms with Gasteiger partial charge < -0.3 is 20.2 Å². The molecular formula is C22H27N5O3. The van der Waals surface area contributed by atoms with Gasteiger partial charge in [0.25, 0.3) is 0 Å². The molecule has 2 aromatic rings. The molecule has 2 amide bonds. The van der Waals surface area contributed by atoms with Crippen LogP contribution in [-0.4, -0.2) is 63.1 Å². The number of nitrogens with zero attached hydrogens (tertiary/aromatic N) is 4. The quantitative estimate of drug-likeness (QED) is 0.696. The second kappa shape index (κ2) is 9.11. The number of fused-ring (bicyclic) bond motifs is 1. The van der Waals surface area contributed by atoms with Crippen LogP contribution in [0.5, 0.6) is 0 Å². The molecule has 0 spiro atoms. The molecule has 8 nitrogen and oxygen atoms in total. The Kier molecular flexibility index (Phi) is 6.11. The van der Waals surface area contributed by atoms with Crippen LogP contribution in [-0.2, 0) is 17.6 Å². The third kappa shape index (κ3) is 4.53. The van der Waals surface area contributed by atoms with E-state index in [4.69, 9.17) is 4.98 Å². The van der Waals surface area contributed by atoms with Gasteiger partial charge in [-0.15, -0.1) is 0 Å². The van der Waals surface area contributed by atoms with Crippen LogP contribution in [0, 0.1) is 0 Å². The number of carboxylic acids is 1. The average Bonchev–Trinajstić information content (AvgIpc) is 3.12. The monoisotopic (exact) mass is 409 g/mol. The molecule has 0 saturated carbocycles. The molecule has 1 atom stereocenters. The lowest BCUT2D eigenvalue weighted by molar-refractivity contribution is -0.138. The Morgan fingerprint density at radius 1 is 1.27 bits per heavy atom. The summed E-state index contributed by atoms with van der Waals surface area (Å²) in [4.78, 5) is 36.6. The van der Waals surface area contributed by atoms with E-state index < -0.39 is 12.0 Å². The van der Waals surface area contributed by atoms with Crippen LogP contribution < -0.4 is 5.32 Å². The van der Waals surface area contributed by atoms with Gasteiger partial charge in [-0.1, -0.05) is 12.1 Å². The van der Waals surface area contributed by atoms with Crippen LogP contribution in [0.1, 0.15) is 42.1 Å². The van der Waals surface area contributed by atoms with E-state index in [1.807, 2.05) is 11.0 Å². The van der Waals surface area contributed by atoms with Crippen molar-refractivity contribution in [3.05, 3.63) is 53.5 Å². The van der Waals surface area contributed by atoms with Crippen LogP contribution >= 0.6 is 0 Å². The first-order chi connectivity index (χ1) is 14.6. The molecule has 0 aliphatic carbocycles. The van der Waals surface area contributed by atoms with E-state index >= 15 is 0 Å². The normalized spacial score (nSPS) is 16.9. The molecule has 0 radical (unpaired) electrons. The molecule has 1 saturated heterocycles. The number of hydrogen-bond donors (Lipinski definition) is 2. The Bertz CT molecular complexity index is 905. The van der Waals surface area contributed by atoms with Crippen LogP contribution in [0.4, 0.5) is 10.6 Å². The second-order valence-electron chi connectivity index (χ2n) is 7.81. The summed E-state index contributed by atoms with van der Waals surface area (Å²) in [6.45, 7) is 2.73. The Balaban J connectivity index is 1.35. The highest BCUT2D eigenvalue weighted by Crippen LogP contribution is 2.28. The van der Waals surface area contributed by atoms with Gasteiger partial charge in [-0.05, 0) is 48.9 Å². The first-order valence-corrected chi connectivity index (χ1v) is 10.5. The van der Waals surface area contributed by atoms with E-state index in [2.05, 4.69) is 22.4 Å². The van der Waals surface area contributed by atoms with Gasteiger partial charge in [-0.2, -0.15) is 0 Å². The number of pyridine rings is 2. The van der Waals surface area contributed by atoms with Crippen molar-refractivity contribution in [3.63, 3.8) is 0 Å². The number of carboxylic acid groups (broad SMARTS) is 1. The number of aromatic nitrogens is 2. The number of nitrogens with one attached hydrogen (secondary N) is 1. The predicted molar refractivity (Wildman–Crippen MR) is 112 cm³/mol. The lowest BCUT2D eigenvalue weighted by Gasteiger charge is -2.27. The number of carbonyl (C=O) groups is 2. The molecule has 2 aliphatic heterocycles. The number of anilines is 1. The topological polar surface area (TPSA) is 98.7 Å². The zero-order valence-electron chi connectivity index (χ0n) is 17.0. The molecule has 30 heavy (non-hydrogen) atoms. The molecular weight excluding hydrogens is 382 g/mol. The van der Waals surface area contributed by atoms with Crippen molar-refractivity contribution in [2.45, 2.75) is 38.1 Å². The van der Waals surface area contributed by atoms with Gasteiger partial charge in [0.2, 0.25) is 0 Å². The van der Waals surface area contributed by atoms with Crippen LogP contribution in [0.25, 0.3) is 0 Å². The number of carbonyl (C=O) groups excluding carboxylic acids is 1. The first kappa shape index (κ1) is 20.1. The molecule has 0 bridgehead atoms. The van der Waals surface area contributed by atoms with E-state index in [0.717, 1.165) is 49.3 Å². The standard InChI is InChI=1S/C22H27N5O3/c28-20(29)14-19(17-5-1-9-23-15-17)27-13-12-26(22(27)30)11-3-6-18-8-7-16-4-2-10-24-21(16)25-18/h1,5,7-9,15,19H,2-4,6,10-14H2,(H,24,25)(H,28,29)/t19-/m1/s1. The van der Waals surface area contributed by atoms with E-state index in [1.165, 1.54) is 5.56 Å². The maximum absolute atomic E-state index is 12.9. The van der Waals surface area contributed by atoms with Crippen molar-refractivity contribution in [2.75, 3.05) is 31.5 Å². The summed E-state index contributed by atoms with van der Waals surface area (Å²) in [5.41, 5.74) is 3.06. The minimum atomic E-state index is -0.929. The summed E-state index contributed by atoms with van der Waals surface area (Å²) < 4.78 is 0. The first-order valence-electron chi connectivity index (χ1n) is 10.5. The minimum Gasteiger partial charge on any atom is -0.481 e. The van der Waals surface area contributed by atoms with Crippen LogP contribution in [0.3, 0.4) is 0 Å². The van der Waals surface area contributed by atoms with E-state index in [1.54, 1.807) is 23.4 Å². The highest BCUT2D eigenvalue weighted by molar-refractivity contribution is 5.78. The molecule has 4 heterocycles. The molecule has 1 fully saturated rings. The van der Waals surface area contributed by atoms with Crippen molar-refractivity contribution in [1.29, 1.82) is 0 Å². The Labute approximate surface area is 175 Å². The fourth-order valence-corrected chi connectivity index (χ4v) is 4.20. The van der Waals surface area contributed by atoms with Gasteiger partial charge in [-0.25, -0.2) is 9.78 Å². The minimum absolute atomic E-state index is 0.106. The number of aliphatic carboxylic acids is 1. The summed E-state index contributed by atoms with van der Waals surface area (Å²) in [5.74, 6) is 0.0670. The second-order valence-corrected chi connectivity index (χ2v) is 7.81. The maximum atomic E-state index is 12.9. The van der Waals surface area contributed by atoms with Gasteiger partial charge in [0.15, 0.2) is 0 Å². The van der Waals surface area contributed by atoms with Gasteiger partial charge in [0.05, 0.1) is 12.5 Å². The molecule has 2 N–H and O–H groups in total. The molecule has 0 unspecified atom stereocenters. The van der Waals surface area contributed by atoms with Crippen molar-refractivity contribution in [2.24, 2.45) is 0 Å².